The molecule has 0 aliphatic rings. The molecule has 0 spiro atoms. The number of rotatable bonds is 9. The first-order valence-electron chi connectivity index (χ1n) is 22.7. The first-order chi connectivity index (χ1) is 32.7. The molecular formula is C64H44N2. The molecule has 0 radical (unpaired) electrons. The van der Waals surface area contributed by atoms with Gasteiger partial charge in [0.2, 0.25) is 0 Å². The van der Waals surface area contributed by atoms with Crippen molar-refractivity contribution in [2.75, 3.05) is 4.90 Å². The van der Waals surface area contributed by atoms with Gasteiger partial charge in [-0.15, -0.1) is 0 Å². The normalized spacial score (nSPS) is 11.3. The monoisotopic (exact) mass is 840 g/mol. The van der Waals surface area contributed by atoms with Crippen molar-refractivity contribution in [3.63, 3.8) is 0 Å². The molecule has 310 valence electrons. The Hall–Kier alpha value is -8.72. The quantitative estimate of drug-likeness (QED) is 0.141. The lowest BCUT2D eigenvalue weighted by Crippen LogP contribution is -2.11. The molecule has 12 rings (SSSR count). The Morgan fingerprint density at radius 3 is 1.58 bits per heavy atom. The largest absolute Gasteiger partial charge is 0.310 e. The van der Waals surface area contributed by atoms with Crippen molar-refractivity contribution >= 4 is 49.6 Å². The molecule has 0 saturated carbocycles. The predicted octanol–water partition coefficient (Wildman–Crippen LogP) is 17.7. The Balaban J connectivity index is 1.01. The van der Waals surface area contributed by atoms with E-state index in [9.17, 15) is 0 Å². The summed E-state index contributed by atoms with van der Waals surface area (Å²) < 4.78 is 2.39. The van der Waals surface area contributed by atoms with E-state index in [2.05, 4.69) is 276 Å². The number of aromatic nitrogens is 1. The maximum absolute atomic E-state index is 2.43. The van der Waals surface area contributed by atoms with Crippen molar-refractivity contribution in [3.8, 4) is 61.3 Å². The molecule has 0 saturated heterocycles. The molecule has 0 unspecified atom stereocenters. The van der Waals surface area contributed by atoms with Crippen LogP contribution in [0.25, 0.3) is 93.9 Å². The van der Waals surface area contributed by atoms with Crippen LogP contribution in [0.2, 0.25) is 0 Å². The van der Waals surface area contributed by atoms with Gasteiger partial charge in [0.25, 0.3) is 0 Å². The average Bonchev–Trinajstić information content (AvgIpc) is 3.73. The lowest BCUT2D eigenvalue weighted by molar-refractivity contribution is 1.18. The SMILES string of the molecule is c1ccc(-c2ccccc2-c2ccccc2-c2ccccc2N(c2ccc(-c3ccc4c5ccccc5n(-c5ccccc5)c4c3)cc2)c2cccc(-c3ccc4ccccc4c3)c2)cc1. The van der Waals surface area contributed by atoms with E-state index in [4.69, 9.17) is 0 Å². The zero-order valence-corrected chi connectivity index (χ0v) is 36.3. The Labute approximate surface area is 385 Å². The second kappa shape index (κ2) is 16.8. The number of nitrogens with zero attached hydrogens (tertiary/aromatic N) is 2. The van der Waals surface area contributed by atoms with Crippen molar-refractivity contribution in [3.05, 3.63) is 267 Å². The number of hydrogen-bond donors (Lipinski definition) is 0. The van der Waals surface area contributed by atoms with Crippen molar-refractivity contribution in [1.82, 2.24) is 4.57 Å². The summed E-state index contributed by atoms with van der Waals surface area (Å²) in [6, 6.07) is 97.0. The van der Waals surface area contributed by atoms with Crippen LogP contribution in [0, 0.1) is 0 Å². The predicted molar refractivity (Wildman–Crippen MR) is 280 cm³/mol. The summed E-state index contributed by atoms with van der Waals surface area (Å²) in [6.45, 7) is 0. The van der Waals surface area contributed by atoms with E-state index in [0.29, 0.717) is 0 Å². The number of fused-ring (bicyclic) bond motifs is 4. The lowest BCUT2D eigenvalue weighted by Gasteiger charge is -2.29. The molecule has 1 heterocycles. The number of hydrogen-bond acceptors (Lipinski definition) is 1. The highest BCUT2D eigenvalue weighted by Gasteiger charge is 2.21. The molecule has 11 aromatic carbocycles. The molecule has 2 nitrogen and oxygen atoms in total. The summed E-state index contributed by atoms with van der Waals surface area (Å²) in [5.41, 5.74) is 18.6. The van der Waals surface area contributed by atoms with E-state index in [1.165, 1.54) is 71.5 Å². The molecule has 0 aliphatic heterocycles. The molecule has 0 N–H and O–H groups in total. The third-order valence-electron chi connectivity index (χ3n) is 13.0. The second-order valence-corrected chi connectivity index (χ2v) is 16.9. The molecule has 2 heteroatoms. The van der Waals surface area contributed by atoms with E-state index >= 15 is 0 Å². The zero-order chi connectivity index (χ0) is 43.8. The van der Waals surface area contributed by atoms with Gasteiger partial charge in [0.15, 0.2) is 0 Å². The van der Waals surface area contributed by atoms with Crippen LogP contribution >= 0.6 is 0 Å². The maximum Gasteiger partial charge on any atom is 0.0547 e. The standard InChI is InChI=1S/C64H44N2/c1-3-19-47(20-4-1)55-26-9-10-27-56(55)57-28-11-12-29-58(57)59-30-13-15-32-62(59)65(54-25-17-22-49(43-54)50-35-34-45-18-7-8-21-48(45)42-50)53-39-36-46(37-40-53)51-38-41-61-60-31-14-16-33-63(60)66(64(61)44-51)52-23-5-2-6-24-52/h1-44H. The van der Waals surface area contributed by atoms with Crippen LogP contribution in [0.4, 0.5) is 17.1 Å². The molecular weight excluding hydrogens is 797 g/mol. The Bertz CT molecular complexity index is 3700. The fraction of sp³-hybridized carbons (Fsp3) is 0. The number of benzene rings is 11. The summed E-state index contributed by atoms with van der Waals surface area (Å²) in [7, 11) is 0. The van der Waals surface area contributed by atoms with E-state index < -0.39 is 0 Å². The Kier molecular flexibility index (Phi) is 9.89. The number of para-hydroxylation sites is 3. The van der Waals surface area contributed by atoms with Crippen LogP contribution < -0.4 is 4.90 Å². The molecule has 0 amide bonds. The highest BCUT2D eigenvalue weighted by Crippen LogP contribution is 2.46. The van der Waals surface area contributed by atoms with Crippen LogP contribution in [-0.2, 0) is 0 Å². The number of anilines is 3. The summed E-state index contributed by atoms with van der Waals surface area (Å²) in [5.74, 6) is 0. The van der Waals surface area contributed by atoms with Crippen LogP contribution in [0.15, 0.2) is 267 Å². The summed E-state index contributed by atoms with van der Waals surface area (Å²) in [4.78, 5) is 2.43. The summed E-state index contributed by atoms with van der Waals surface area (Å²) in [5, 5.41) is 4.97. The molecule has 1 aromatic heterocycles. The smallest absolute Gasteiger partial charge is 0.0547 e. The van der Waals surface area contributed by atoms with Crippen molar-refractivity contribution in [1.29, 1.82) is 0 Å². The van der Waals surface area contributed by atoms with Gasteiger partial charge < -0.3 is 9.47 Å². The third kappa shape index (κ3) is 7.02. The van der Waals surface area contributed by atoms with Gasteiger partial charge in [0.1, 0.15) is 0 Å². The maximum atomic E-state index is 2.43. The second-order valence-electron chi connectivity index (χ2n) is 16.9. The van der Waals surface area contributed by atoms with Crippen LogP contribution in [0.3, 0.4) is 0 Å². The summed E-state index contributed by atoms with van der Waals surface area (Å²) >= 11 is 0. The van der Waals surface area contributed by atoms with Crippen LogP contribution in [0.5, 0.6) is 0 Å². The van der Waals surface area contributed by atoms with E-state index in [1.807, 2.05) is 0 Å². The molecule has 0 bridgehead atoms. The van der Waals surface area contributed by atoms with E-state index in [-0.39, 0.29) is 0 Å². The molecule has 66 heavy (non-hydrogen) atoms. The minimum Gasteiger partial charge on any atom is -0.310 e. The topological polar surface area (TPSA) is 8.17 Å². The Morgan fingerprint density at radius 1 is 0.258 bits per heavy atom. The molecule has 0 aliphatic carbocycles. The first kappa shape index (κ1) is 38.9. The molecule has 12 aromatic rings. The van der Waals surface area contributed by atoms with Gasteiger partial charge in [-0.1, -0.05) is 206 Å². The van der Waals surface area contributed by atoms with E-state index in [0.717, 1.165) is 39.4 Å². The van der Waals surface area contributed by atoms with Crippen LogP contribution in [0.1, 0.15) is 0 Å². The van der Waals surface area contributed by atoms with Gasteiger partial charge in [0.05, 0.1) is 16.7 Å². The zero-order valence-electron chi connectivity index (χ0n) is 36.3. The lowest BCUT2D eigenvalue weighted by atomic mass is 9.88. The fourth-order valence-electron chi connectivity index (χ4n) is 9.87. The Morgan fingerprint density at radius 2 is 0.788 bits per heavy atom. The minimum absolute atomic E-state index is 1.07. The van der Waals surface area contributed by atoms with Gasteiger partial charge in [0, 0.05) is 33.4 Å². The van der Waals surface area contributed by atoms with Gasteiger partial charge in [-0.3, -0.25) is 0 Å². The van der Waals surface area contributed by atoms with Crippen molar-refractivity contribution < 1.29 is 0 Å². The average molecular weight is 841 g/mol. The van der Waals surface area contributed by atoms with Gasteiger partial charge >= 0.3 is 0 Å². The minimum atomic E-state index is 1.07. The van der Waals surface area contributed by atoms with Gasteiger partial charge in [-0.2, -0.15) is 0 Å². The third-order valence-corrected chi connectivity index (χ3v) is 13.0. The first-order valence-corrected chi connectivity index (χ1v) is 22.7. The van der Waals surface area contributed by atoms with Gasteiger partial charge in [-0.25, -0.2) is 0 Å². The van der Waals surface area contributed by atoms with Crippen molar-refractivity contribution in [2.45, 2.75) is 0 Å². The highest BCUT2D eigenvalue weighted by atomic mass is 15.1. The molecule has 0 fully saturated rings. The highest BCUT2D eigenvalue weighted by molar-refractivity contribution is 6.10. The fourth-order valence-corrected chi connectivity index (χ4v) is 9.87. The van der Waals surface area contributed by atoms with Gasteiger partial charge in [-0.05, 0) is 122 Å². The van der Waals surface area contributed by atoms with Crippen LogP contribution in [-0.4, -0.2) is 4.57 Å². The van der Waals surface area contributed by atoms with Crippen molar-refractivity contribution in [2.24, 2.45) is 0 Å². The summed E-state index contributed by atoms with van der Waals surface area (Å²) in [6.07, 6.45) is 0. The van der Waals surface area contributed by atoms with E-state index in [1.54, 1.807) is 0 Å². The molecule has 0 atom stereocenters.